The summed E-state index contributed by atoms with van der Waals surface area (Å²) in [4.78, 5) is 43.6. The molecular formula is C63H98ClN11O3S. The van der Waals surface area contributed by atoms with Crippen LogP contribution in [0.1, 0.15) is 157 Å². The lowest BCUT2D eigenvalue weighted by molar-refractivity contribution is -0.174. The molecule has 6 fully saturated rings. The maximum absolute atomic E-state index is 14.4. The molecule has 7 aliphatic rings. The summed E-state index contributed by atoms with van der Waals surface area (Å²) in [6.45, 7) is 31.1. The van der Waals surface area contributed by atoms with Gasteiger partial charge in [-0.15, -0.1) is 11.8 Å². The standard InChI is InChI=1S/C63H98ClN11O3S/c1-11-46(58(77)69-60-62(7,8)61(63(60,9)10)78-50-25-22-48(37-65)51(64)35-50)38-67-56(40(3)34-44-18-16-14-13-15-17-19-44)74-28-26-45(27-29-74)39-72-30-32-73(33-31-72)49-23-20-47(21-24-49)55-54-41(4)42(5)79-59(54)75-43(6)70-71-57(75)52(68-55)36-53(76)66-12-2/h20-25,35,40-46,52,54,56-57,59-61,67,70-71H,11-19,26-34,36,38-39H2,1-10H3,(H,66,76)(H,69,77)/t40?,41?,42?,43?,46?,52-,54?,56?,57?,59?,60?,61?/m0/s1. The molecule has 2 amide bonds. The number of carbonyl (C=O) groups is 2. The van der Waals surface area contributed by atoms with E-state index >= 15 is 0 Å². The minimum atomic E-state index is -0.317. The molecule has 79 heavy (non-hydrogen) atoms. The van der Waals surface area contributed by atoms with E-state index in [1.165, 1.54) is 75.5 Å². The van der Waals surface area contributed by atoms with Crippen LogP contribution in [-0.4, -0.2) is 138 Å². The fourth-order valence-corrected chi connectivity index (χ4v) is 17.7. The number of anilines is 1. The molecular weight excluding hydrogens is 1030 g/mol. The third kappa shape index (κ3) is 13.5. The number of benzene rings is 2. The van der Waals surface area contributed by atoms with E-state index < -0.39 is 0 Å². The van der Waals surface area contributed by atoms with Crippen molar-refractivity contribution in [2.24, 2.45) is 51.3 Å². The summed E-state index contributed by atoms with van der Waals surface area (Å²) < 4.78 is 6.56. The summed E-state index contributed by atoms with van der Waals surface area (Å²) >= 11 is 8.45. The minimum absolute atomic E-state index is 0.0509. The summed E-state index contributed by atoms with van der Waals surface area (Å²) in [5, 5.41) is 21.2. The van der Waals surface area contributed by atoms with Gasteiger partial charge in [-0.3, -0.25) is 29.3 Å². The number of ether oxygens (including phenoxy) is 1. The number of nitrogens with one attached hydrogen (secondary N) is 5. The lowest BCUT2D eigenvalue weighted by Crippen LogP contribution is -2.75. The van der Waals surface area contributed by atoms with Crippen molar-refractivity contribution in [1.29, 1.82) is 5.26 Å². The van der Waals surface area contributed by atoms with Gasteiger partial charge in [0.1, 0.15) is 17.9 Å². The number of likely N-dealkylation sites (tertiary alicyclic amines) is 1. The van der Waals surface area contributed by atoms with Gasteiger partial charge in [-0.05, 0) is 106 Å². The van der Waals surface area contributed by atoms with Crippen LogP contribution in [0.3, 0.4) is 0 Å². The quantitative estimate of drug-likeness (QED) is 0.0911. The van der Waals surface area contributed by atoms with Gasteiger partial charge in [0.25, 0.3) is 0 Å². The molecule has 2 aromatic carbocycles. The number of hydrogen-bond donors (Lipinski definition) is 5. The number of amides is 2. The Hall–Kier alpha value is -3.46. The van der Waals surface area contributed by atoms with Gasteiger partial charge in [0.2, 0.25) is 11.8 Å². The number of piperidine rings is 1. The Morgan fingerprint density at radius 2 is 1.58 bits per heavy atom. The van der Waals surface area contributed by atoms with E-state index in [0.717, 1.165) is 63.9 Å². The van der Waals surface area contributed by atoms with Crippen LogP contribution in [0.4, 0.5) is 5.69 Å². The number of carbonyl (C=O) groups excluding carboxylic acids is 2. The second-order valence-corrected chi connectivity index (χ2v) is 28.2. The molecule has 2 aromatic rings. The highest BCUT2D eigenvalue weighted by molar-refractivity contribution is 8.00. The molecule has 5 aliphatic heterocycles. The molecule has 0 aromatic heterocycles. The van der Waals surface area contributed by atoms with Gasteiger partial charge >= 0.3 is 0 Å². The van der Waals surface area contributed by atoms with Crippen LogP contribution in [0.2, 0.25) is 5.02 Å². The summed E-state index contributed by atoms with van der Waals surface area (Å²) in [5.74, 6) is 3.32. The van der Waals surface area contributed by atoms with Crippen molar-refractivity contribution >= 4 is 46.6 Å². The average Bonchev–Trinajstić information content (AvgIpc) is 3.41. The highest BCUT2D eigenvalue weighted by Crippen LogP contribution is 2.56. The molecule has 2 aliphatic carbocycles. The van der Waals surface area contributed by atoms with Crippen molar-refractivity contribution in [3.63, 3.8) is 0 Å². The Morgan fingerprint density at radius 3 is 2.23 bits per heavy atom. The van der Waals surface area contributed by atoms with E-state index in [1.807, 2.05) is 13.0 Å². The first-order valence-corrected chi connectivity index (χ1v) is 32.2. The van der Waals surface area contributed by atoms with Crippen LogP contribution >= 0.6 is 23.4 Å². The summed E-state index contributed by atoms with van der Waals surface area (Å²) in [5.41, 5.74) is 10.4. The Morgan fingerprint density at radius 1 is 0.899 bits per heavy atom. The van der Waals surface area contributed by atoms with Gasteiger partial charge in [-0.25, -0.2) is 10.9 Å². The topological polar surface area (TPSA) is 153 Å². The van der Waals surface area contributed by atoms with Gasteiger partial charge in [0.15, 0.2) is 0 Å². The number of aliphatic imine (C=N–C) groups is 1. The third-order valence-electron chi connectivity index (χ3n) is 20.0. The zero-order chi connectivity index (χ0) is 56.2. The number of hydrogen-bond acceptors (Lipinski definition) is 13. The first-order valence-electron chi connectivity index (χ1n) is 30.9. The average molecular weight is 1130 g/mol. The smallest absolute Gasteiger partial charge is 0.224 e. The Bertz CT molecular complexity index is 2410. The molecule has 436 valence electrons. The van der Waals surface area contributed by atoms with Crippen LogP contribution < -0.4 is 36.4 Å². The van der Waals surface area contributed by atoms with Crippen LogP contribution in [0, 0.1) is 57.7 Å². The summed E-state index contributed by atoms with van der Waals surface area (Å²) in [7, 11) is 0. The Balaban J connectivity index is 0.793. The van der Waals surface area contributed by atoms with Crippen molar-refractivity contribution in [3.8, 4) is 11.8 Å². The van der Waals surface area contributed by atoms with Gasteiger partial charge in [-0.2, -0.15) is 5.26 Å². The van der Waals surface area contributed by atoms with Crippen molar-refractivity contribution in [2.75, 3.05) is 63.8 Å². The molecule has 14 nitrogen and oxygen atoms in total. The van der Waals surface area contributed by atoms with Crippen LogP contribution in [0.15, 0.2) is 47.5 Å². The molecule has 5 heterocycles. The molecule has 9 unspecified atom stereocenters. The van der Waals surface area contributed by atoms with Crippen molar-refractivity contribution in [2.45, 2.75) is 194 Å². The number of piperazine rings is 1. The fraction of sp³-hybridized carbons (Fsp3) is 0.746. The molecule has 5 N–H and O–H groups in total. The van der Waals surface area contributed by atoms with E-state index in [4.69, 9.17) is 21.3 Å². The monoisotopic (exact) mass is 1120 g/mol. The van der Waals surface area contributed by atoms with Gasteiger partial charge in [0.05, 0.1) is 52.8 Å². The maximum Gasteiger partial charge on any atom is 0.224 e. The zero-order valence-corrected chi connectivity index (χ0v) is 51.2. The molecule has 0 bridgehead atoms. The molecule has 16 heteroatoms. The van der Waals surface area contributed by atoms with Crippen LogP contribution in [-0.2, 0) is 9.59 Å². The SMILES string of the molecule is CCNC(=O)C[C@@H]1N=C(c2ccc(N3CCN(CC4CCN(C(NCC(CC)C(=O)NC5C(C)(C)C(Oc6ccc(C#N)c(Cl)c6)C5(C)C)C(C)CC5CCCCCCC5)CC4)CC3)cc2)C2C(C)C(C)SC2N2C(C)NNC12. The van der Waals surface area contributed by atoms with Gasteiger partial charge in [-0.1, -0.05) is 124 Å². The highest BCUT2D eigenvalue weighted by Gasteiger charge is 2.64. The largest absolute Gasteiger partial charge is 0.489 e. The zero-order valence-electron chi connectivity index (χ0n) is 49.7. The second-order valence-electron chi connectivity index (χ2n) is 26.2. The van der Waals surface area contributed by atoms with Crippen LogP contribution in [0.25, 0.3) is 0 Å². The lowest BCUT2D eigenvalue weighted by Gasteiger charge is -2.63. The number of nitrogens with zero attached hydrogens (tertiary/aromatic N) is 6. The van der Waals surface area contributed by atoms with E-state index in [2.05, 4.69) is 151 Å². The summed E-state index contributed by atoms with van der Waals surface area (Å²) in [6.07, 6.45) is 14.5. The molecule has 2 saturated carbocycles. The van der Waals surface area contributed by atoms with Gasteiger partial charge < -0.3 is 25.6 Å². The van der Waals surface area contributed by atoms with Crippen molar-refractivity contribution < 1.29 is 14.3 Å². The third-order valence-corrected chi connectivity index (χ3v) is 22.0. The predicted molar refractivity (Wildman–Crippen MR) is 323 cm³/mol. The number of thioether (sulfide) groups is 1. The normalized spacial score (nSPS) is 31.0. The molecule has 0 spiro atoms. The minimum Gasteiger partial charge on any atom is -0.489 e. The summed E-state index contributed by atoms with van der Waals surface area (Å²) in [6, 6.07) is 16.4. The van der Waals surface area contributed by atoms with E-state index in [9.17, 15) is 14.9 Å². The Kier molecular flexibility index (Phi) is 20.1. The Labute approximate surface area is 484 Å². The lowest BCUT2D eigenvalue weighted by atomic mass is 9.49. The number of nitriles is 1. The maximum atomic E-state index is 14.4. The van der Waals surface area contributed by atoms with E-state index in [1.54, 1.807) is 12.1 Å². The van der Waals surface area contributed by atoms with Crippen molar-refractivity contribution in [1.82, 2.24) is 41.5 Å². The number of fused-ring (bicyclic) bond motifs is 3. The van der Waals surface area contributed by atoms with E-state index in [-0.39, 0.29) is 76.5 Å². The molecule has 9 rings (SSSR count). The van der Waals surface area contributed by atoms with Crippen LogP contribution in [0.5, 0.6) is 5.75 Å². The van der Waals surface area contributed by atoms with Crippen molar-refractivity contribution in [3.05, 3.63) is 58.6 Å². The first-order chi connectivity index (χ1) is 37.9. The molecule has 4 saturated heterocycles. The number of rotatable bonds is 19. The molecule has 10 atom stereocenters. The first kappa shape index (κ1) is 60.1. The predicted octanol–water partition coefficient (Wildman–Crippen LogP) is 9.87. The fourth-order valence-electron chi connectivity index (χ4n) is 15.6. The van der Waals surface area contributed by atoms with Gasteiger partial charge in [0, 0.05) is 91.3 Å². The highest BCUT2D eigenvalue weighted by atomic mass is 35.5. The molecule has 0 radical (unpaired) electrons. The number of hydrazine groups is 1. The second kappa shape index (κ2) is 26.4. The number of halogens is 1. The van der Waals surface area contributed by atoms with E-state index in [0.29, 0.717) is 58.8 Å².